The lowest BCUT2D eigenvalue weighted by Gasteiger charge is -2.01. The van der Waals surface area contributed by atoms with Gasteiger partial charge in [0.25, 0.3) is 0 Å². The van der Waals surface area contributed by atoms with Crippen molar-refractivity contribution < 1.29 is 10.2 Å². The fourth-order valence-corrected chi connectivity index (χ4v) is 2.09. The molecule has 0 aliphatic heterocycles. The average molecular weight is 260 g/mol. The molecule has 0 aromatic carbocycles. The minimum atomic E-state index is 0.0811. The molecule has 6 nitrogen and oxygen atoms in total. The molecule has 1 aromatic rings. The van der Waals surface area contributed by atoms with Crippen molar-refractivity contribution in [3.05, 3.63) is 11.9 Å². The maximum atomic E-state index is 8.72. The molecule has 0 radical (unpaired) electrons. The molecule has 0 aliphatic rings. The van der Waals surface area contributed by atoms with E-state index in [1.54, 1.807) is 4.68 Å². The molecule has 0 bridgehead atoms. The highest BCUT2D eigenvalue weighted by molar-refractivity contribution is 7.99. The Kier molecular flexibility index (Phi) is 7.98. The van der Waals surface area contributed by atoms with Gasteiger partial charge in [-0.05, 0) is 12.2 Å². The van der Waals surface area contributed by atoms with Gasteiger partial charge in [0.05, 0.1) is 18.8 Å². The first-order valence-corrected chi connectivity index (χ1v) is 6.91. The molecule has 0 unspecified atom stereocenters. The van der Waals surface area contributed by atoms with Crippen molar-refractivity contribution in [2.75, 3.05) is 31.3 Å². The van der Waals surface area contributed by atoms with E-state index < -0.39 is 0 Å². The normalized spacial score (nSPS) is 10.9. The van der Waals surface area contributed by atoms with Gasteiger partial charge in [0, 0.05) is 31.6 Å². The van der Waals surface area contributed by atoms with Gasteiger partial charge in [-0.25, -0.2) is 4.68 Å². The SMILES string of the molecule is OCCCSCCNCc1cn(CCO)nn1. The number of aromatic nitrogens is 3. The van der Waals surface area contributed by atoms with Crippen molar-refractivity contribution >= 4 is 11.8 Å². The molecule has 98 valence electrons. The Morgan fingerprint density at radius 2 is 2.18 bits per heavy atom. The van der Waals surface area contributed by atoms with Crippen LogP contribution in [0.1, 0.15) is 12.1 Å². The molecule has 0 aliphatic carbocycles. The maximum Gasteiger partial charge on any atom is 0.0964 e. The molecule has 0 saturated heterocycles. The zero-order valence-corrected chi connectivity index (χ0v) is 10.7. The fourth-order valence-electron chi connectivity index (χ4n) is 1.26. The van der Waals surface area contributed by atoms with Crippen LogP contribution in [0.3, 0.4) is 0 Å². The molecule has 1 heterocycles. The van der Waals surface area contributed by atoms with Crippen molar-refractivity contribution in [2.45, 2.75) is 19.5 Å². The van der Waals surface area contributed by atoms with Crippen LogP contribution in [0.2, 0.25) is 0 Å². The molecule has 0 saturated carbocycles. The molecule has 1 aromatic heterocycles. The van der Waals surface area contributed by atoms with Gasteiger partial charge in [0.1, 0.15) is 0 Å². The van der Waals surface area contributed by atoms with Gasteiger partial charge in [-0.1, -0.05) is 5.21 Å². The summed E-state index contributed by atoms with van der Waals surface area (Å²) >= 11 is 1.83. The van der Waals surface area contributed by atoms with Gasteiger partial charge in [0.2, 0.25) is 0 Å². The van der Waals surface area contributed by atoms with Crippen molar-refractivity contribution in [1.82, 2.24) is 20.3 Å². The van der Waals surface area contributed by atoms with Crippen LogP contribution in [0.5, 0.6) is 0 Å². The zero-order chi connectivity index (χ0) is 12.3. The van der Waals surface area contributed by atoms with E-state index in [0.717, 1.165) is 30.2 Å². The first-order valence-electron chi connectivity index (χ1n) is 5.76. The average Bonchev–Trinajstić information content (AvgIpc) is 2.76. The second-order valence-corrected chi connectivity index (χ2v) is 4.79. The topological polar surface area (TPSA) is 83.2 Å². The smallest absolute Gasteiger partial charge is 0.0964 e. The summed E-state index contributed by atoms with van der Waals surface area (Å²) in [6, 6.07) is 0. The van der Waals surface area contributed by atoms with E-state index in [-0.39, 0.29) is 13.2 Å². The highest BCUT2D eigenvalue weighted by Gasteiger charge is 1.99. The maximum absolute atomic E-state index is 8.72. The highest BCUT2D eigenvalue weighted by Crippen LogP contribution is 2.00. The first-order chi connectivity index (χ1) is 8.36. The van der Waals surface area contributed by atoms with Crippen molar-refractivity contribution in [3.8, 4) is 0 Å². The minimum absolute atomic E-state index is 0.0811. The van der Waals surface area contributed by atoms with E-state index in [9.17, 15) is 0 Å². The van der Waals surface area contributed by atoms with E-state index in [1.807, 2.05) is 18.0 Å². The molecule has 3 N–H and O–H groups in total. The summed E-state index contributed by atoms with van der Waals surface area (Å²) in [6.07, 6.45) is 2.70. The van der Waals surface area contributed by atoms with E-state index >= 15 is 0 Å². The summed E-state index contributed by atoms with van der Waals surface area (Å²) in [5, 5.41) is 28.5. The molecular weight excluding hydrogens is 240 g/mol. The lowest BCUT2D eigenvalue weighted by molar-refractivity contribution is 0.268. The Bertz CT molecular complexity index is 296. The van der Waals surface area contributed by atoms with Crippen LogP contribution in [-0.4, -0.2) is 56.5 Å². The predicted molar refractivity (Wildman–Crippen MR) is 67.8 cm³/mol. The van der Waals surface area contributed by atoms with E-state index in [0.29, 0.717) is 13.1 Å². The summed E-state index contributed by atoms with van der Waals surface area (Å²) in [4.78, 5) is 0. The van der Waals surface area contributed by atoms with E-state index in [2.05, 4.69) is 15.6 Å². The third kappa shape index (κ3) is 6.62. The number of thioether (sulfide) groups is 1. The van der Waals surface area contributed by atoms with Crippen LogP contribution in [0.25, 0.3) is 0 Å². The molecule has 7 heteroatoms. The quantitative estimate of drug-likeness (QED) is 0.491. The summed E-state index contributed by atoms with van der Waals surface area (Å²) in [5.74, 6) is 2.04. The zero-order valence-electron chi connectivity index (χ0n) is 9.88. The Labute approximate surface area is 105 Å². The second-order valence-electron chi connectivity index (χ2n) is 3.56. The Hall–Kier alpha value is -0.630. The van der Waals surface area contributed by atoms with Crippen LogP contribution in [0.15, 0.2) is 6.20 Å². The van der Waals surface area contributed by atoms with Crippen LogP contribution in [-0.2, 0) is 13.1 Å². The van der Waals surface area contributed by atoms with Gasteiger partial charge in [-0.15, -0.1) is 5.10 Å². The summed E-state index contributed by atoms with van der Waals surface area (Å²) in [5.41, 5.74) is 0.888. The molecule has 0 fully saturated rings. The number of nitrogens with zero attached hydrogens (tertiary/aromatic N) is 3. The van der Waals surface area contributed by atoms with Crippen LogP contribution in [0, 0.1) is 0 Å². The standard InChI is InChI=1S/C10H20N4O2S/c15-4-1-6-17-7-2-11-8-10-9-14(3-5-16)13-12-10/h9,11,15-16H,1-8H2. The van der Waals surface area contributed by atoms with Gasteiger partial charge in [-0.2, -0.15) is 11.8 Å². The summed E-state index contributed by atoms with van der Waals surface area (Å²) in [7, 11) is 0. The molecule has 0 atom stereocenters. The largest absolute Gasteiger partial charge is 0.396 e. The van der Waals surface area contributed by atoms with E-state index in [1.165, 1.54) is 0 Å². The van der Waals surface area contributed by atoms with Crippen molar-refractivity contribution in [2.24, 2.45) is 0 Å². The molecule has 0 spiro atoms. The summed E-state index contributed by atoms with van der Waals surface area (Å²) < 4.78 is 1.63. The lowest BCUT2D eigenvalue weighted by Crippen LogP contribution is -2.17. The monoisotopic (exact) mass is 260 g/mol. The molecule has 17 heavy (non-hydrogen) atoms. The molecule has 1 rings (SSSR count). The van der Waals surface area contributed by atoms with Crippen molar-refractivity contribution in [3.63, 3.8) is 0 Å². The number of aliphatic hydroxyl groups is 2. The second kappa shape index (κ2) is 9.41. The van der Waals surface area contributed by atoms with Gasteiger partial charge >= 0.3 is 0 Å². The Morgan fingerprint density at radius 3 is 2.94 bits per heavy atom. The fraction of sp³-hybridized carbons (Fsp3) is 0.800. The lowest BCUT2D eigenvalue weighted by atomic mass is 10.4. The molecule has 0 amide bonds. The summed E-state index contributed by atoms with van der Waals surface area (Å²) in [6.45, 7) is 2.46. The van der Waals surface area contributed by atoms with Gasteiger partial charge in [0.15, 0.2) is 0 Å². The third-order valence-electron chi connectivity index (χ3n) is 2.09. The number of hydrogen-bond donors (Lipinski definition) is 3. The van der Waals surface area contributed by atoms with Crippen LogP contribution < -0.4 is 5.32 Å². The Morgan fingerprint density at radius 1 is 1.29 bits per heavy atom. The predicted octanol–water partition coefficient (Wildman–Crippen LogP) is -0.524. The number of rotatable bonds is 10. The number of nitrogens with one attached hydrogen (secondary N) is 1. The van der Waals surface area contributed by atoms with Crippen molar-refractivity contribution in [1.29, 1.82) is 0 Å². The van der Waals surface area contributed by atoms with Crippen LogP contribution in [0.4, 0.5) is 0 Å². The Balaban J connectivity index is 2.01. The third-order valence-corrected chi connectivity index (χ3v) is 3.16. The first kappa shape index (κ1) is 14.4. The van der Waals surface area contributed by atoms with Gasteiger partial charge in [-0.3, -0.25) is 0 Å². The number of hydrogen-bond acceptors (Lipinski definition) is 6. The van der Waals surface area contributed by atoms with E-state index in [4.69, 9.17) is 10.2 Å². The minimum Gasteiger partial charge on any atom is -0.396 e. The van der Waals surface area contributed by atoms with Crippen LogP contribution >= 0.6 is 11.8 Å². The molecular formula is C10H20N4O2S. The van der Waals surface area contributed by atoms with Gasteiger partial charge < -0.3 is 15.5 Å². The number of aliphatic hydroxyl groups excluding tert-OH is 2. The highest BCUT2D eigenvalue weighted by atomic mass is 32.2.